The molecule has 2 atom stereocenters. The molecule has 2 unspecified atom stereocenters. The topological polar surface area (TPSA) is 21.3 Å². The van der Waals surface area contributed by atoms with Crippen molar-refractivity contribution in [2.75, 3.05) is 13.7 Å². The fourth-order valence-electron chi connectivity index (χ4n) is 2.13. The number of hydrogen-bond donors (Lipinski definition) is 1. The highest BCUT2D eigenvalue weighted by atomic mass is 19.4. The summed E-state index contributed by atoms with van der Waals surface area (Å²) in [6.07, 6.45) is -3.07. The average Bonchev–Trinajstić information content (AvgIpc) is 2.42. The van der Waals surface area contributed by atoms with Gasteiger partial charge in [-0.2, -0.15) is 13.2 Å². The standard InChI is InChI=1S/C15H22F3NO/c1-4-9-19-14(10-11(2)20-3)12-7-5-6-8-13(12)15(16,17)18/h5-8,11,14,19H,4,9-10H2,1-3H3. The van der Waals surface area contributed by atoms with Crippen LogP contribution in [0.2, 0.25) is 0 Å². The molecule has 20 heavy (non-hydrogen) atoms. The zero-order valence-electron chi connectivity index (χ0n) is 12.1. The van der Waals surface area contributed by atoms with E-state index in [0.29, 0.717) is 13.0 Å². The highest BCUT2D eigenvalue weighted by Crippen LogP contribution is 2.35. The van der Waals surface area contributed by atoms with Gasteiger partial charge in [-0.3, -0.25) is 0 Å². The Labute approximate surface area is 118 Å². The lowest BCUT2D eigenvalue weighted by molar-refractivity contribution is -0.138. The number of benzene rings is 1. The van der Waals surface area contributed by atoms with E-state index in [1.165, 1.54) is 6.07 Å². The molecule has 2 nitrogen and oxygen atoms in total. The molecule has 0 saturated carbocycles. The molecular formula is C15H22F3NO. The van der Waals surface area contributed by atoms with Crippen LogP contribution in [0.3, 0.4) is 0 Å². The first-order valence-corrected chi connectivity index (χ1v) is 6.82. The summed E-state index contributed by atoms with van der Waals surface area (Å²) in [4.78, 5) is 0. The van der Waals surface area contributed by atoms with Crippen LogP contribution in [0.1, 0.15) is 43.9 Å². The van der Waals surface area contributed by atoms with Gasteiger partial charge in [0.2, 0.25) is 0 Å². The van der Waals surface area contributed by atoms with E-state index in [9.17, 15) is 13.2 Å². The summed E-state index contributed by atoms with van der Waals surface area (Å²) in [6.45, 7) is 4.52. The van der Waals surface area contributed by atoms with E-state index in [4.69, 9.17) is 4.74 Å². The van der Waals surface area contributed by atoms with Crippen molar-refractivity contribution in [3.8, 4) is 0 Å². The third-order valence-electron chi connectivity index (χ3n) is 3.25. The number of hydrogen-bond acceptors (Lipinski definition) is 2. The van der Waals surface area contributed by atoms with E-state index in [0.717, 1.165) is 12.5 Å². The number of nitrogens with one attached hydrogen (secondary N) is 1. The van der Waals surface area contributed by atoms with Crippen molar-refractivity contribution in [2.45, 2.75) is 45.0 Å². The van der Waals surface area contributed by atoms with Gasteiger partial charge in [0, 0.05) is 13.2 Å². The summed E-state index contributed by atoms with van der Waals surface area (Å²) in [5, 5.41) is 3.18. The highest BCUT2D eigenvalue weighted by molar-refractivity contribution is 5.32. The molecule has 0 spiro atoms. The molecule has 1 rings (SSSR count). The summed E-state index contributed by atoms with van der Waals surface area (Å²) < 4.78 is 44.5. The minimum Gasteiger partial charge on any atom is -0.382 e. The maximum atomic E-state index is 13.1. The molecule has 0 aliphatic heterocycles. The fraction of sp³-hybridized carbons (Fsp3) is 0.600. The second-order valence-electron chi connectivity index (χ2n) is 4.87. The van der Waals surface area contributed by atoms with Crippen LogP contribution in [0.5, 0.6) is 0 Å². The molecule has 114 valence electrons. The van der Waals surface area contributed by atoms with Gasteiger partial charge < -0.3 is 10.1 Å². The van der Waals surface area contributed by atoms with Crippen molar-refractivity contribution in [2.24, 2.45) is 0 Å². The summed E-state index contributed by atoms with van der Waals surface area (Å²) in [5.41, 5.74) is -0.283. The molecule has 0 radical (unpaired) electrons. The molecule has 1 aromatic carbocycles. The van der Waals surface area contributed by atoms with Crippen LogP contribution in [0, 0.1) is 0 Å². The molecule has 0 aromatic heterocycles. The van der Waals surface area contributed by atoms with Crippen LogP contribution in [0.15, 0.2) is 24.3 Å². The van der Waals surface area contributed by atoms with Gasteiger partial charge in [-0.05, 0) is 37.9 Å². The van der Waals surface area contributed by atoms with Crippen LogP contribution in [-0.2, 0) is 10.9 Å². The van der Waals surface area contributed by atoms with Gasteiger partial charge in [0.15, 0.2) is 0 Å². The zero-order valence-corrected chi connectivity index (χ0v) is 12.1. The Hall–Kier alpha value is -1.07. The SMILES string of the molecule is CCCNC(CC(C)OC)c1ccccc1C(F)(F)F. The van der Waals surface area contributed by atoms with Crippen LogP contribution in [0.4, 0.5) is 13.2 Å². The largest absolute Gasteiger partial charge is 0.416 e. The molecular weight excluding hydrogens is 267 g/mol. The molecule has 0 aliphatic rings. The van der Waals surface area contributed by atoms with Crippen LogP contribution < -0.4 is 5.32 Å². The van der Waals surface area contributed by atoms with Gasteiger partial charge in [0.25, 0.3) is 0 Å². The minimum atomic E-state index is -4.33. The van der Waals surface area contributed by atoms with Crippen LogP contribution in [0.25, 0.3) is 0 Å². The number of halogens is 3. The Morgan fingerprint density at radius 2 is 1.90 bits per heavy atom. The zero-order chi connectivity index (χ0) is 15.2. The van der Waals surface area contributed by atoms with Gasteiger partial charge in [-0.1, -0.05) is 25.1 Å². The van der Waals surface area contributed by atoms with Crippen molar-refractivity contribution in [3.63, 3.8) is 0 Å². The Kier molecular flexibility index (Phi) is 6.49. The van der Waals surface area contributed by atoms with Crippen LogP contribution in [-0.4, -0.2) is 19.8 Å². The maximum Gasteiger partial charge on any atom is 0.416 e. The predicted molar refractivity (Wildman–Crippen MR) is 73.6 cm³/mol. The minimum absolute atomic E-state index is 0.106. The molecule has 5 heteroatoms. The van der Waals surface area contributed by atoms with E-state index >= 15 is 0 Å². The first-order valence-electron chi connectivity index (χ1n) is 6.82. The first kappa shape index (κ1) is 17.0. The molecule has 0 fully saturated rings. The molecule has 0 amide bonds. The Balaban J connectivity index is 3.06. The van der Waals surface area contributed by atoms with Gasteiger partial charge in [0.05, 0.1) is 11.7 Å². The second-order valence-corrected chi connectivity index (χ2v) is 4.87. The molecule has 0 bridgehead atoms. The van der Waals surface area contributed by atoms with E-state index < -0.39 is 11.7 Å². The fourth-order valence-corrected chi connectivity index (χ4v) is 2.13. The molecule has 1 aromatic rings. The molecule has 1 N–H and O–H groups in total. The lowest BCUT2D eigenvalue weighted by Gasteiger charge is -2.25. The van der Waals surface area contributed by atoms with Crippen molar-refractivity contribution < 1.29 is 17.9 Å². The van der Waals surface area contributed by atoms with Crippen molar-refractivity contribution in [1.82, 2.24) is 5.32 Å². The third kappa shape index (κ3) is 4.80. The molecule has 0 aliphatic carbocycles. The lowest BCUT2D eigenvalue weighted by Crippen LogP contribution is -2.28. The summed E-state index contributed by atoms with van der Waals surface area (Å²) in [5.74, 6) is 0. The molecule has 0 heterocycles. The number of alkyl halides is 3. The lowest BCUT2D eigenvalue weighted by atomic mass is 9.95. The van der Waals surface area contributed by atoms with Crippen molar-refractivity contribution >= 4 is 0 Å². The third-order valence-corrected chi connectivity index (χ3v) is 3.25. The van der Waals surface area contributed by atoms with E-state index in [1.807, 2.05) is 13.8 Å². The van der Waals surface area contributed by atoms with E-state index in [1.54, 1.807) is 19.2 Å². The number of methoxy groups -OCH3 is 1. The molecule has 0 saturated heterocycles. The Morgan fingerprint density at radius 1 is 1.25 bits per heavy atom. The second kappa shape index (κ2) is 7.64. The van der Waals surface area contributed by atoms with Crippen LogP contribution >= 0.6 is 0 Å². The smallest absolute Gasteiger partial charge is 0.382 e. The normalized spacial score (nSPS) is 15.1. The van der Waals surface area contributed by atoms with Gasteiger partial charge >= 0.3 is 6.18 Å². The Bertz CT molecular complexity index is 406. The number of ether oxygens (including phenoxy) is 1. The van der Waals surface area contributed by atoms with Crippen molar-refractivity contribution in [3.05, 3.63) is 35.4 Å². The predicted octanol–water partition coefficient (Wildman–Crippen LogP) is 4.17. The average molecular weight is 289 g/mol. The van der Waals surface area contributed by atoms with E-state index in [2.05, 4.69) is 5.32 Å². The summed E-state index contributed by atoms with van der Waals surface area (Å²) >= 11 is 0. The number of rotatable bonds is 7. The van der Waals surface area contributed by atoms with Crippen molar-refractivity contribution in [1.29, 1.82) is 0 Å². The van der Waals surface area contributed by atoms with Gasteiger partial charge in [-0.25, -0.2) is 0 Å². The Morgan fingerprint density at radius 3 is 2.45 bits per heavy atom. The van der Waals surface area contributed by atoms with Gasteiger partial charge in [-0.15, -0.1) is 0 Å². The maximum absolute atomic E-state index is 13.1. The summed E-state index contributed by atoms with van der Waals surface area (Å²) in [7, 11) is 1.57. The first-order chi connectivity index (χ1) is 9.40. The highest BCUT2D eigenvalue weighted by Gasteiger charge is 2.35. The van der Waals surface area contributed by atoms with Gasteiger partial charge in [0.1, 0.15) is 0 Å². The quantitative estimate of drug-likeness (QED) is 0.813. The monoisotopic (exact) mass is 289 g/mol. The summed E-state index contributed by atoms with van der Waals surface area (Å²) in [6, 6.07) is 5.38. The van der Waals surface area contributed by atoms with E-state index in [-0.39, 0.29) is 17.7 Å².